The molecule has 0 spiro atoms. The van der Waals surface area contributed by atoms with Gasteiger partial charge in [-0.3, -0.25) is 4.79 Å². The quantitative estimate of drug-likeness (QED) is 0.871. The second kappa shape index (κ2) is 6.59. The molecule has 1 aromatic carbocycles. The lowest BCUT2D eigenvalue weighted by Crippen LogP contribution is -2.33. The van der Waals surface area contributed by atoms with Crippen LogP contribution >= 0.6 is 0 Å². The van der Waals surface area contributed by atoms with Gasteiger partial charge in [0.15, 0.2) is 0 Å². The minimum absolute atomic E-state index is 0.0534. The zero-order chi connectivity index (χ0) is 16.4. The summed E-state index contributed by atoms with van der Waals surface area (Å²) in [5.74, 6) is 1.24. The van der Waals surface area contributed by atoms with Gasteiger partial charge in [0.05, 0.1) is 12.8 Å². The highest BCUT2D eigenvalue weighted by Gasteiger charge is 2.27. The maximum Gasteiger partial charge on any atom is 0.256 e. The maximum atomic E-state index is 12.3. The Kier molecular flexibility index (Phi) is 4.53. The van der Waals surface area contributed by atoms with Gasteiger partial charge in [-0.15, -0.1) is 0 Å². The number of amides is 1. The van der Waals surface area contributed by atoms with Gasteiger partial charge in [-0.1, -0.05) is 30.7 Å². The lowest BCUT2D eigenvalue weighted by molar-refractivity contribution is -0.110. The number of piperidine rings is 1. The Labute approximate surface area is 137 Å². The van der Waals surface area contributed by atoms with Crippen LogP contribution in [-0.2, 0) is 4.79 Å². The van der Waals surface area contributed by atoms with Gasteiger partial charge >= 0.3 is 0 Å². The monoisotopic (exact) mass is 312 g/mol. The molecule has 23 heavy (non-hydrogen) atoms. The third-order valence-electron chi connectivity index (χ3n) is 4.81. The molecule has 1 saturated heterocycles. The Balaban J connectivity index is 1.92. The number of methoxy groups -OCH3 is 1. The molecule has 0 saturated carbocycles. The van der Waals surface area contributed by atoms with Gasteiger partial charge in [0.2, 0.25) is 0 Å². The second-order valence-corrected chi connectivity index (χ2v) is 6.28. The molecule has 1 unspecified atom stereocenters. The van der Waals surface area contributed by atoms with Crippen LogP contribution in [0.3, 0.4) is 0 Å². The van der Waals surface area contributed by atoms with Crippen molar-refractivity contribution < 1.29 is 9.53 Å². The van der Waals surface area contributed by atoms with Crippen LogP contribution in [0.4, 0.5) is 5.69 Å². The van der Waals surface area contributed by atoms with Crippen LogP contribution in [0.2, 0.25) is 0 Å². The van der Waals surface area contributed by atoms with Gasteiger partial charge < -0.3 is 15.0 Å². The van der Waals surface area contributed by atoms with E-state index in [1.165, 1.54) is 5.57 Å². The molecule has 2 aliphatic heterocycles. The molecule has 3 rings (SSSR count). The zero-order valence-electron chi connectivity index (χ0n) is 14.1. The van der Waals surface area contributed by atoms with Crippen molar-refractivity contribution >= 4 is 17.2 Å². The van der Waals surface area contributed by atoms with Crippen molar-refractivity contribution in [3.63, 3.8) is 0 Å². The normalized spacial score (nSPS) is 24.8. The fourth-order valence-electron chi connectivity index (χ4n) is 3.43. The van der Waals surface area contributed by atoms with Crippen LogP contribution in [0.1, 0.15) is 25.3 Å². The van der Waals surface area contributed by atoms with Crippen LogP contribution in [0.15, 0.2) is 35.9 Å². The summed E-state index contributed by atoms with van der Waals surface area (Å²) in [4.78, 5) is 14.7. The molecule has 0 radical (unpaired) electrons. The molecular weight excluding hydrogens is 288 g/mol. The summed E-state index contributed by atoms with van der Waals surface area (Å²) in [6.45, 7) is 4.41. The van der Waals surface area contributed by atoms with Crippen LogP contribution in [0, 0.1) is 5.92 Å². The zero-order valence-corrected chi connectivity index (χ0v) is 14.1. The van der Waals surface area contributed by atoms with E-state index in [2.05, 4.69) is 30.3 Å². The highest BCUT2D eigenvalue weighted by Crippen LogP contribution is 2.39. The number of carbonyl (C=O) groups is 1. The molecular formula is C19H24N2O2. The molecule has 1 aromatic rings. The van der Waals surface area contributed by atoms with Crippen LogP contribution in [0.25, 0.3) is 5.57 Å². The number of anilines is 1. The Morgan fingerprint density at radius 3 is 2.96 bits per heavy atom. The molecule has 1 atom stereocenters. The number of para-hydroxylation sites is 1. The van der Waals surface area contributed by atoms with E-state index >= 15 is 0 Å². The fourth-order valence-corrected chi connectivity index (χ4v) is 3.43. The number of rotatable bonds is 3. The average Bonchev–Trinajstić information content (AvgIpc) is 2.89. The maximum absolute atomic E-state index is 12.3. The Bertz CT molecular complexity index is 676. The fraction of sp³-hybridized carbons (Fsp3) is 0.421. The van der Waals surface area contributed by atoms with E-state index < -0.39 is 0 Å². The lowest BCUT2D eigenvalue weighted by Gasteiger charge is -2.31. The SMILES string of the molecule is CCC1CN(C)CC/C1=C/C=C1/C(=O)Nc2c(OC)cccc21. The van der Waals surface area contributed by atoms with Crippen LogP contribution in [-0.4, -0.2) is 38.1 Å². The second-order valence-electron chi connectivity index (χ2n) is 6.28. The molecule has 0 aromatic heterocycles. The van der Waals surface area contributed by atoms with E-state index in [4.69, 9.17) is 4.74 Å². The molecule has 0 aliphatic carbocycles. The van der Waals surface area contributed by atoms with Crippen molar-refractivity contribution in [2.75, 3.05) is 32.6 Å². The molecule has 1 N–H and O–H groups in total. The minimum atomic E-state index is -0.0534. The molecule has 1 amide bonds. The van der Waals surface area contributed by atoms with Crippen molar-refractivity contribution in [1.82, 2.24) is 4.90 Å². The summed E-state index contributed by atoms with van der Waals surface area (Å²) in [5, 5.41) is 2.92. The van der Waals surface area contributed by atoms with Gasteiger partial charge in [0.25, 0.3) is 5.91 Å². The summed E-state index contributed by atoms with van der Waals surface area (Å²) in [5.41, 5.74) is 3.87. The van der Waals surface area contributed by atoms with Crippen molar-refractivity contribution in [2.24, 2.45) is 5.92 Å². The third-order valence-corrected chi connectivity index (χ3v) is 4.81. The Hall–Kier alpha value is -2.07. The van der Waals surface area contributed by atoms with Crippen LogP contribution < -0.4 is 10.1 Å². The van der Waals surface area contributed by atoms with Crippen molar-refractivity contribution in [3.8, 4) is 5.75 Å². The highest BCUT2D eigenvalue weighted by atomic mass is 16.5. The number of nitrogens with one attached hydrogen (secondary N) is 1. The van der Waals surface area contributed by atoms with E-state index in [1.54, 1.807) is 7.11 Å². The minimum Gasteiger partial charge on any atom is -0.495 e. The lowest BCUT2D eigenvalue weighted by atomic mass is 9.89. The van der Waals surface area contributed by atoms with Crippen molar-refractivity contribution in [3.05, 3.63) is 41.5 Å². The number of carbonyl (C=O) groups excluding carboxylic acids is 1. The van der Waals surface area contributed by atoms with Gasteiger partial charge in [0.1, 0.15) is 5.75 Å². The van der Waals surface area contributed by atoms with Crippen LogP contribution in [0.5, 0.6) is 5.75 Å². The van der Waals surface area contributed by atoms with Gasteiger partial charge in [0, 0.05) is 24.2 Å². The number of hydrogen-bond acceptors (Lipinski definition) is 3. The first-order valence-corrected chi connectivity index (χ1v) is 8.22. The number of likely N-dealkylation sites (tertiary alicyclic amines) is 1. The number of hydrogen-bond donors (Lipinski definition) is 1. The molecule has 4 heteroatoms. The number of allylic oxidation sites excluding steroid dienone is 2. The number of nitrogens with zero attached hydrogens (tertiary/aromatic N) is 1. The number of fused-ring (bicyclic) bond motifs is 1. The molecule has 1 fully saturated rings. The summed E-state index contributed by atoms with van der Waals surface area (Å²) in [7, 11) is 3.79. The predicted octanol–water partition coefficient (Wildman–Crippen LogP) is 3.32. The van der Waals surface area contributed by atoms with Crippen molar-refractivity contribution in [1.29, 1.82) is 0 Å². The first-order valence-electron chi connectivity index (χ1n) is 8.22. The molecule has 122 valence electrons. The highest BCUT2D eigenvalue weighted by molar-refractivity contribution is 6.32. The molecule has 2 aliphatic rings. The molecule has 0 bridgehead atoms. The van der Waals surface area contributed by atoms with Gasteiger partial charge in [-0.05, 0) is 37.9 Å². The standard InChI is InChI=1S/C19H24N2O2/c1-4-13-12-21(2)11-10-14(13)8-9-16-15-6-5-7-17(23-3)18(15)20-19(16)22/h5-9,13H,4,10-12H2,1-3H3,(H,20,22)/b14-8-,16-9+. The molecule has 4 nitrogen and oxygen atoms in total. The van der Waals surface area contributed by atoms with Gasteiger partial charge in [-0.25, -0.2) is 0 Å². The third kappa shape index (κ3) is 3.04. The van der Waals surface area contributed by atoms with E-state index in [1.807, 2.05) is 24.3 Å². The average molecular weight is 312 g/mol. The summed E-state index contributed by atoms with van der Waals surface area (Å²) < 4.78 is 5.33. The number of benzene rings is 1. The largest absolute Gasteiger partial charge is 0.495 e. The van der Waals surface area contributed by atoms with E-state index in [0.717, 1.165) is 42.8 Å². The topological polar surface area (TPSA) is 41.6 Å². The van der Waals surface area contributed by atoms with Gasteiger partial charge in [-0.2, -0.15) is 0 Å². The number of ether oxygens (including phenoxy) is 1. The Morgan fingerprint density at radius 1 is 1.39 bits per heavy atom. The van der Waals surface area contributed by atoms with E-state index in [0.29, 0.717) is 11.7 Å². The summed E-state index contributed by atoms with van der Waals surface area (Å²) in [6.07, 6.45) is 6.34. The summed E-state index contributed by atoms with van der Waals surface area (Å²) in [6, 6.07) is 5.75. The summed E-state index contributed by atoms with van der Waals surface area (Å²) >= 11 is 0. The van der Waals surface area contributed by atoms with E-state index in [9.17, 15) is 4.79 Å². The first kappa shape index (κ1) is 15.8. The Morgan fingerprint density at radius 2 is 2.22 bits per heavy atom. The first-order chi connectivity index (χ1) is 11.1. The smallest absolute Gasteiger partial charge is 0.256 e. The molecule has 2 heterocycles. The van der Waals surface area contributed by atoms with Crippen molar-refractivity contribution in [2.45, 2.75) is 19.8 Å². The van der Waals surface area contributed by atoms with E-state index in [-0.39, 0.29) is 5.91 Å². The predicted molar refractivity (Wildman–Crippen MR) is 93.6 cm³/mol.